The number of nitrogens with one attached hydrogen (secondary N) is 2. The smallest absolute Gasteiger partial charge is 0.271 e. The van der Waals surface area contributed by atoms with Crippen molar-refractivity contribution in [2.75, 3.05) is 5.32 Å². The number of hydrogen-bond acceptors (Lipinski definition) is 4. The summed E-state index contributed by atoms with van der Waals surface area (Å²) in [6.07, 6.45) is 4.96. The van der Waals surface area contributed by atoms with Gasteiger partial charge < -0.3 is 10.6 Å². The molecule has 20 heavy (non-hydrogen) atoms. The molecule has 0 spiro atoms. The number of carbonyl (C=O) groups is 1. The Morgan fingerprint density at radius 2 is 1.90 bits per heavy atom. The Kier molecular flexibility index (Phi) is 3.28. The lowest BCUT2D eigenvalue weighted by Gasteiger charge is -2.06. The molecule has 0 bridgehead atoms. The molecule has 102 valence electrons. The Hall–Kier alpha value is -2.50. The van der Waals surface area contributed by atoms with E-state index in [1.165, 1.54) is 24.5 Å². The standard InChI is InChI=1S/C14H13FN4O/c15-9-1-3-10(4-2-9)18-13-8-16-12(7-17-13)14(20)19-11-5-6-11/h1-4,7-8,11H,5-6H2,(H,17,18)(H,19,20). The van der Waals surface area contributed by atoms with Gasteiger partial charge in [0.05, 0.1) is 12.4 Å². The number of hydrogen-bond donors (Lipinski definition) is 2. The number of benzene rings is 1. The molecule has 1 aliphatic carbocycles. The van der Waals surface area contributed by atoms with Gasteiger partial charge in [-0.05, 0) is 37.1 Å². The molecule has 0 atom stereocenters. The highest BCUT2D eigenvalue weighted by atomic mass is 19.1. The van der Waals surface area contributed by atoms with E-state index < -0.39 is 0 Å². The average Bonchev–Trinajstić information content (AvgIpc) is 3.26. The van der Waals surface area contributed by atoms with Crippen molar-refractivity contribution in [1.29, 1.82) is 0 Å². The third kappa shape index (κ3) is 3.09. The SMILES string of the molecule is O=C(NC1CC1)c1cnc(Nc2ccc(F)cc2)cn1. The monoisotopic (exact) mass is 272 g/mol. The molecule has 5 nitrogen and oxygen atoms in total. The molecule has 1 amide bonds. The third-order valence-corrected chi connectivity index (χ3v) is 2.91. The molecule has 0 unspecified atom stereocenters. The number of amides is 1. The van der Waals surface area contributed by atoms with Gasteiger partial charge in [0.1, 0.15) is 17.3 Å². The zero-order valence-corrected chi connectivity index (χ0v) is 10.6. The van der Waals surface area contributed by atoms with Crippen LogP contribution in [0.4, 0.5) is 15.9 Å². The molecule has 6 heteroatoms. The van der Waals surface area contributed by atoms with Crippen LogP contribution in [0, 0.1) is 5.82 Å². The molecule has 0 saturated heterocycles. The molecule has 3 rings (SSSR count). The largest absolute Gasteiger partial charge is 0.348 e. The Bertz CT molecular complexity index is 608. The van der Waals surface area contributed by atoms with Crippen molar-refractivity contribution in [1.82, 2.24) is 15.3 Å². The quantitative estimate of drug-likeness (QED) is 0.895. The maximum Gasteiger partial charge on any atom is 0.271 e. The van der Waals surface area contributed by atoms with Crippen LogP contribution in [0.1, 0.15) is 23.3 Å². The topological polar surface area (TPSA) is 66.9 Å². The Morgan fingerprint density at radius 3 is 2.50 bits per heavy atom. The highest BCUT2D eigenvalue weighted by Crippen LogP contribution is 2.19. The van der Waals surface area contributed by atoms with Crippen molar-refractivity contribution in [2.45, 2.75) is 18.9 Å². The van der Waals surface area contributed by atoms with Crippen molar-refractivity contribution >= 4 is 17.4 Å². The van der Waals surface area contributed by atoms with Crippen LogP contribution in [0.5, 0.6) is 0 Å². The van der Waals surface area contributed by atoms with Crippen LogP contribution in [-0.4, -0.2) is 21.9 Å². The lowest BCUT2D eigenvalue weighted by molar-refractivity contribution is 0.0945. The first-order valence-electron chi connectivity index (χ1n) is 6.36. The van der Waals surface area contributed by atoms with Gasteiger partial charge in [-0.2, -0.15) is 0 Å². The first-order valence-corrected chi connectivity index (χ1v) is 6.36. The molecule has 1 aromatic carbocycles. The predicted octanol–water partition coefficient (Wildman–Crippen LogP) is 2.25. The van der Waals surface area contributed by atoms with Crippen molar-refractivity contribution < 1.29 is 9.18 Å². The number of rotatable bonds is 4. The van der Waals surface area contributed by atoms with E-state index in [4.69, 9.17) is 0 Å². The third-order valence-electron chi connectivity index (χ3n) is 2.91. The van der Waals surface area contributed by atoms with Gasteiger partial charge in [-0.15, -0.1) is 0 Å². The highest BCUT2D eigenvalue weighted by molar-refractivity contribution is 5.92. The van der Waals surface area contributed by atoms with E-state index in [1.54, 1.807) is 12.1 Å². The van der Waals surface area contributed by atoms with E-state index in [0.29, 0.717) is 23.2 Å². The maximum absolute atomic E-state index is 12.8. The number of anilines is 2. The van der Waals surface area contributed by atoms with E-state index in [1.807, 2.05) is 0 Å². The molecule has 1 heterocycles. The van der Waals surface area contributed by atoms with Gasteiger partial charge in [-0.25, -0.2) is 14.4 Å². The Morgan fingerprint density at radius 1 is 1.15 bits per heavy atom. The second-order valence-corrected chi connectivity index (χ2v) is 4.67. The van der Waals surface area contributed by atoms with Gasteiger partial charge in [-0.3, -0.25) is 4.79 Å². The summed E-state index contributed by atoms with van der Waals surface area (Å²) in [5.41, 5.74) is 0.998. The molecule has 2 N–H and O–H groups in total. The molecular weight excluding hydrogens is 259 g/mol. The van der Waals surface area contributed by atoms with E-state index in [-0.39, 0.29) is 11.7 Å². The summed E-state index contributed by atoms with van der Waals surface area (Å²) in [5.74, 6) is 0.00152. The summed E-state index contributed by atoms with van der Waals surface area (Å²) in [5, 5.41) is 5.82. The van der Waals surface area contributed by atoms with Gasteiger partial charge in [0.2, 0.25) is 0 Å². The molecule has 1 aliphatic rings. The fraction of sp³-hybridized carbons (Fsp3) is 0.214. The minimum Gasteiger partial charge on any atom is -0.348 e. The van der Waals surface area contributed by atoms with Gasteiger partial charge in [0.25, 0.3) is 5.91 Å². The van der Waals surface area contributed by atoms with Gasteiger partial charge >= 0.3 is 0 Å². The van der Waals surface area contributed by atoms with Crippen LogP contribution in [0.3, 0.4) is 0 Å². The highest BCUT2D eigenvalue weighted by Gasteiger charge is 2.24. The van der Waals surface area contributed by atoms with Crippen molar-refractivity contribution in [3.05, 3.63) is 48.2 Å². The molecule has 0 aliphatic heterocycles. The zero-order valence-electron chi connectivity index (χ0n) is 10.6. The minimum absolute atomic E-state index is 0.201. The summed E-state index contributed by atoms with van der Waals surface area (Å²) in [7, 11) is 0. The molecule has 1 fully saturated rings. The van der Waals surface area contributed by atoms with Crippen LogP contribution in [0.15, 0.2) is 36.7 Å². The fourth-order valence-electron chi connectivity index (χ4n) is 1.68. The molecule has 1 saturated carbocycles. The van der Waals surface area contributed by atoms with Crippen LogP contribution < -0.4 is 10.6 Å². The van der Waals surface area contributed by atoms with Crippen LogP contribution in [-0.2, 0) is 0 Å². The Balaban J connectivity index is 1.66. The van der Waals surface area contributed by atoms with E-state index in [2.05, 4.69) is 20.6 Å². The number of carbonyl (C=O) groups excluding carboxylic acids is 1. The van der Waals surface area contributed by atoms with Gasteiger partial charge in [0, 0.05) is 11.7 Å². The first-order chi connectivity index (χ1) is 9.70. The maximum atomic E-state index is 12.8. The van der Waals surface area contributed by atoms with Crippen LogP contribution in [0.25, 0.3) is 0 Å². The van der Waals surface area contributed by atoms with E-state index in [0.717, 1.165) is 12.8 Å². The minimum atomic E-state index is -0.297. The summed E-state index contributed by atoms with van der Waals surface area (Å²) >= 11 is 0. The fourth-order valence-corrected chi connectivity index (χ4v) is 1.68. The summed E-state index contributed by atoms with van der Waals surface area (Å²) in [4.78, 5) is 19.9. The first kappa shape index (κ1) is 12.5. The number of halogens is 1. The second kappa shape index (κ2) is 5.24. The molecule has 1 aromatic heterocycles. The van der Waals surface area contributed by atoms with Gasteiger partial charge in [-0.1, -0.05) is 0 Å². The van der Waals surface area contributed by atoms with Crippen LogP contribution >= 0.6 is 0 Å². The lowest BCUT2D eigenvalue weighted by atomic mass is 10.3. The number of nitrogens with zero attached hydrogens (tertiary/aromatic N) is 2. The normalized spacial score (nSPS) is 13.8. The molecular formula is C14H13FN4O. The zero-order chi connectivity index (χ0) is 13.9. The average molecular weight is 272 g/mol. The molecule has 0 radical (unpaired) electrons. The summed E-state index contributed by atoms with van der Waals surface area (Å²) < 4.78 is 12.8. The van der Waals surface area contributed by atoms with Crippen molar-refractivity contribution in [3.63, 3.8) is 0 Å². The second-order valence-electron chi connectivity index (χ2n) is 4.67. The Labute approximate surface area is 115 Å². The summed E-state index contributed by atoms with van der Waals surface area (Å²) in [6, 6.07) is 6.21. The van der Waals surface area contributed by atoms with Crippen molar-refractivity contribution in [3.8, 4) is 0 Å². The van der Waals surface area contributed by atoms with E-state index in [9.17, 15) is 9.18 Å². The van der Waals surface area contributed by atoms with Crippen LogP contribution in [0.2, 0.25) is 0 Å². The molecule has 2 aromatic rings. The van der Waals surface area contributed by atoms with Crippen molar-refractivity contribution in [2.24, 2.45) is 0 Å². The van der Waals surface area contributed by atoms with Gasteiger partial charge in [0.15, 0.2) is 0 Å². The summed E-state index contributed by atoms with van der Waals surface area (Å²) in [6.45, 7) is 0. The lowest BCUT2D eigenvalue weighted by Crippen LogP contribution is -2.26. The van der Waals surface area contributed by atoms with E-state index >= 15 is 0 Å². The number of aromatic nitrogens is 2. The predicted molar refractivity (Wildman–Crippen MR) is 72.2 cm³/mol.